The minimum absolute atomic E-state index is 0. The summed E-state index contributed by atoms with van der Waals surface area (Å²) >= 11 is 1.41. The van der Waals surface area contributed by atoms with Gasteiger partial charge in [0.15, 0.2) is 5.13 Å². The first kappa shape index (κ1) is 17.7. The first-order chi connectivity index (χ1) is 10.6. The number of methoxy groups -OCH3 is 1. The van der Waals surface area contributed by atoms with E-state index < -0.39 is 11.7 Å². The van der Waals surface area contributed by atoms with Gasteiger partial charge < -0.3 is 10.5 Å². The van der Waals surface area contributed by atoms with E-state index >= 15 is 0 Å². The SMILES string of the molecule is COc1ccc(C(=O)Nc2nc3c(s2)C[C@@H](N)CC3)c(F)c1.Cl. The molecule has 1 aromatic heterocycles. The lowest BCUT2D eigenvalue weighted by molar-refractivity contribution is 0.102. The molecule has 0 radical (unpaired) electrons. The van der Waals surface area contributed by atoms with Crippen LogP contribution in [0.2, 0.25) is 0 Å². The fraction of sp³-hybridized carbons (Fsp3) is 0.333. The lowest BCUT2D eigenvalue weighted by Gasteiger charge is -2.15. The summed E-state index contributed by atoms with van der Waals surface area (Å²) in [4.78, 5) is 17.7. The second-order valence-electron chi connectivity index (χ2n) is 5.19. The molecule has 0 saturated heterocycles. The van der Waals surface area contributed by atoms with Crippen molar-refractivity contribution in [1.82, 2.24) is 4.98 Å². The molecule has 1 atom stereocenters. The van der Waals surface area contributed by atoms with Gasteiger partial charge in [0.2, 0.25) is 0 Å². The lowest BCUT2D eigenvalue weighted by Crippen LogP contribution is -2.27. The number of hydrogen-bond acceptors (Lipinski definition) is 5. The van der Waals surface area contributed by atoms with E-state index in [1.54, 1.807) is 6.07 Å². The van der Waals surface area contributed by atoms with Gasteiger partial charge in [0.05, 0.1) is 18.4 Å². The van der Waals surface area contributed by atoms with E-state index in [-0.39, 0.29) is 24.0 Å². The second-order valence-corrected chi connectivity index (χ2v) is 6.28. The molecular weight excluding hydrogens is 341 g/mol. The third-order valence-electron chi connectivity index (χ3n) is 3.62. The first-order valence-corrected chi connectivity index (χ1v) is 7.77. The number of nitrogens with zero attached hydrogens (tertiary/aromatic N) is 1. The van der Waals surface area contributed by atoms with Crippen molar-refractivity contribution in [2.24, 2.45) is 5.73 Å². The van der Waals surface area contributed by atoms with Crippen LogP contribution in [0.1, 0.15) is 27.3 Å². The Morgan fingerprint density at radius 3 is 3.00 bits per heavy atom. The molecule has 0 aliphatic heterocycles. The number of thiazole rings is 1. The Bertz CT molecular complexity index is 723. The number of carbonyl (C=O) groups is 1. The van der Waals surface area contributed by atoms with E-state index in [4.69, 9.17) is 10.5 Å². The van der Waals surface area contributed by atoms with Gasteiger partial charge in [-0.3, -0.25) is 10.1 Å². The number of benzene rings is 1. The van der Waals surface area contributed by atoms with E-state index in [9.17, 15) is 9.18 Å². The van der Waals surface area contributed by atoms with Gasteiger partial charge in [0.25, 0.3) is 5.91 Å². The number of amides is 1. The molecular formula is C15H17ClFN3O2S. The third kappa shape index (κ3) is 3.80. The Morgan fingerprint density at radius 2 is 2.30 bits per heavy atom. The van der Waals surface area contributed by atoms with Crippen molar-refractivity contribution in [2.45, 2.75) is 25.3 Å². The van der Waals surface area contributed by atoms with Crippen molar-refractivity contribution in [1.29, 1.82) is 0 Å². The van der Waals surface area contributed by atoms with E-state index in [0.29, 0.717) is 10.9 Å². The highest BCUT2D eigenvalue weighted by atomic mass is 35.5. The number of carbonyl (C=O) groups excluding carboxylic acids is 1. The zero-order valence-corrected chi connectivity index (χ0v) is 14.1. The van der Waals surface area contributed by atoms with E-state index in [1.807, 2.05) is 0 Å². The van der Waals surface area contributed by atoms with Crippen LogP contribution in [0.3, 0.4) is 0 Å². The normalized spacial score (nSPS) is 16.2. The molecule has 0 unspecified atom stereocenters. The molecule has 124 valence electrons. The number of ether oxygens (including phenoxy) is 1. The summed E-state index contributed by atoms with van der Waals surface area (Å²) in [5.41, 5.74) is 6.88. The predicted octanol–water partition coefficient (Wildman–Crippen LogP) is 2.78. The molecule has 5 nitrogen and oxygen atoms in total. The number of nitrogens with one attached hydrogen (secondary N) is 1. The van der Waals surface area contributed by atoms with Crippen LogP contribution in [0, 0.1) is 5.82 Å². The topological polar surface area (TPSA) is 77.2 Å². The van der Waals surface area contributed by atoms with E-state index in [2.05, 4.69) is 10.3 Å². The van der Waals surface area contributed by atoms with Crippen molar-refractivity contribution >= 4 is 34.8 Å². The Kier molecular flexibility index (Phi) is 5.56. The molecule has 3 N–H and O–H groups in total. The standard InChI is InChI=1S/C15H16FN3O2S.ClH/c1-21-9-3-4-10(11(16)7-9)14(20)19-15-18-12-5-2-8(17)6-13(12)22-15;/h3-4,7-8H,2,5-6,17H2,1H3,(H,18,19,20);1H/t8-;/m0./s1. The maximum Gasteiger partial charge on any atom is 0.260 e. The summed E-state index contributed by atoms with van der Waals surface area (Å²) < 4.78 is 18.8. The molecule has 1 aliphatic rings. The summed E-state index contributed by atoms with van der Waals surface area (Å²) in [6.45, 7) is 0. The van der Waals surface area contributed by atoms with Gasteiger partial charge in [-0.05, 0) is 31.4 Å². The Labute approximate surface area is 143 Å². The van der Waals surface area contributed by atoms with E-state index in [1.165, 1.54) is 30.6 Å². The van der Waals surface area contributed by atoms with Gasteiger partial charge in [-0.15, -0.1) is 23.7 Å². The average Bonchev–Trinajstić information content (AvgIpc) is 2.88. The molecule has 0 bridgehead atoms. The number of halogens is 2. The molecule has 0 fully saturated rings. The van der Waals surface area contributed by atoms with Crippen molar-refractivity contribution < 1.29 is 13.9 Å². The maximum atomic E-state index is 13.9. The molecule has 0 saturated carbocycles. The van der Waals surface area contributed by atoms with Crippen molar-refractivity contribution in [3.05, 3.63) is 40.2 Å². The number of fused-ring (bicyclic) bond motifs is 1. The minimum Gasteiger partial charge on any atom is -0.497 e. The summed E-state index contributed by atoms with van der Waals surface area (Å²) in [6.07, 6.45) is 2.50. The third-order valence-corrected chi connectivity index (χ3v) is 4.65. The van der Waals surface area contributed by atoms with Crippen molar-refractivity contribution in [2.75, 3.05) is 12.4 Å². The van der Waals surface area contributed by atoms with E-state index in [0.717, 1.165) is 29.8 Å². The van der Waals surface area contributed by atoms with Crippen LogP contribution >= 0.6 is 23.7 Å². The zero-order valence-electron chi connectivity index (χ0n) is 12.5. The van der Waals surface area contributed by atoms with Crippen LogP contribution < -0.4 is 15.8 Å². The van der Waals surface area contributed by atoms with Gasteiger partial charge >= 0.3 is 0 Å². The molecule has 1 aliphatic carbocycles. The molecule has 8 heteroatoms. The summed E-state index contributed by atoms with van der Waals surface area (Å²) in [7, 11) is 1.44. The Balaban J connectivity index is 0.00000192. The van der Waals surface area contributed by atoms with Crippen molar-refractivity contribution in [3.63, 3.8) is 0 Å². The number of nitrogens with two attached hydrogens (primary N) is 1. The maximum absolute atomic E-state index is 13.9. The number of anilines is 1. The quantitative estimate of drug-likeness (QED) is 0.885. The fourth-order valence-corrected chi connectivity index (χ4v) is 3.52. The number of aryl methyl sites for hydroxylation is 1. The van der Waals surface area contributed by atoms with Gasteiger partial charge in [0, 0.05) is 17.0 Å². The van der Waals surface area contributed by atoms with Crippen molar-refractivity contribution in [3.8, 4) is 5.75 Å². The van der Waals surface area contributed by atoms with Crippen LogP contribution in [0.15, 0.2) is 18.2 Å². The first-order valence-electron chi connectivity index (χ1n) is 6.96. The monoisotopic (exact) mass is 357 g/mol. The molecule has 3 rings (SSSR count). The van der Waals surface area contributed by atoms with Crippen LogP contribution in [0.4, 0.5) is 9.52 Å². The van der Waals surface area contributed by atoms with Gasteiger partial charge in [-0.2, -0.15) is 0 Å². The molecule has 2 aromatic rings. The minimum atomic E-state index is -0.625. The highest BCUT2D eigenvalue weighted by Crippen LogP contribution is 2.29. The highest BCUT2D eigenvalue weighted by Gasteiger charge is 2.21. The summed E-state index contributed by atoms with van der Waals surface area (Å²) in [5, 5.41) is 3.14. The fourth-order valence-electron chi connectivity index (χ4n) is 2.43. The lowest BCUT2D eigenvalue weighted by atomic mass is 9.99. The Morgan fingerprint density at radius 1 is 1.52 bits per heavy atom. The molecule has 0 spiro atoms. The predicted molar refractivity (Wildman–Crippen MR) is 90.3 cm³/mol. The summed E-state index contributed by atoms with van der Waals surface area (Å²) in [6, 6.07) is 4.27. The largest absolute Gasteiger partial charge is 0.497 e. The molecule has 1 heterocycles. The highest BCUT2D eigenvalue weighted by molar-refractivity contribution is 7.15. The van der Waals surface area contributed by atoms with Gasteiger partial charge in [0.1, 0.15) is 11.6 Å². The number of aromatic nitrogens is 1. The molecule has 1 amide bonds. The second kappa shape index (κ2) is 7.25. The molecule has 1 aromatic carbocycles. The van der Waals surface area contributed by atoms with Crippen LogP contribution in [0.5, 0.6) is 5.75 Å². The zero-order chi connectivity index (χ0) is 15.7. The van der Waals surface area contributed by atoms with Crippen LogP contribution in [-0.4, -0.2) is 24.0 Å². The Hall–Kier alpha value is -1.70. The number of hydrogen-bond donors (Lipinski definition) is 2. The average molecular weight is 358 g/mol. The smallest absolute Gasteiger partial charge is 0.260 e. The molecule has 23 heavy (non-hydrogen) atoms. The van der Waals surface area contributed by atoms with Crippen LogP contribution in [0.25, 0.3) is 0 Å². The number of rotatable bonds is 3. The van der Waals surface area contributed by atoms with Gasteiger partial charge in [-0.1, -0.05) is 0 Å². The van der Waals surface area contributed by atoms with Gasteiger partial charge in [-0.25, -0.2) is 9.37 Å². The van der Waals surface area contributed by atoms with Crippen LogP contribution in [-0.2, 0) is 12.8 Å². The summed E-state index contributed by atoms with van der Waals surface area (Å²) in [5.74, 6) is -0.775.